The monoisotopic (exact) mass is 328 g/mol. The van der Waals surface area contributed by atoms with Crippen LogP contribution in [0.5, 0.6) is 5.75 Å². The van der Waals surface area contributed by atoms with E-state index in [0.717, 1.165) is 28.6 Å². The average molecular weight is 328 g/mol. The van der Waals surface area contributed by atoms with Gasteiger partial charge in [0.25, 0.3) is 0 Å². The first-order valence-corrected chi connectivity index (χ1v) is 8.44. The molecule has 0 bridgehead atoms. The fourth-order valence-corrected chi connectivity index (χ4v) is 3.58. The molecule has 0 aliphatic heterocycles. The van der Waals surface area contributed by atoms with Crippen LogP contribution in [0, 0.1) is 5.92 Å². The van der Waals surface area contributed by atoms with Crippen LogP contribution in [0.2, 0.25) is 0 Å². The number of ether oxygens (including phenoxy) is 1. The molecule has 0 unspecified atom stereocenters. The third-order valence-corrected chi connectivity index (χ3v) is 5.22. The molecule has 0 saturated heterocycles. The summed E-state index contributed by atoms with van der Waals surface area (Å²) in [6.07, 6.45) is 5.87. The van der Waals surface area contributed by atoms with Crippen LogP contribution in [-0.2, 0) is 11.2 Å². The Bertz CT molecular complexity index is 736. The number of aryl methyl sites for hydroxylation is 1. The van der Waals surface area contributed by atoms with Crippen LogP contribution in [0.4, 0.5) is 0 Å². The number of nitrogens with two attached hydrogens (primary N) is 1. The lowest BCUT2D eigenvalue weighted by Crippen LogP contribution is -2.38. The second-order valence-electron chi connectivity index (χ2n) is 6.75. The summed E-state index contributed by atoms with van der Waals surface area (Å²) < 4.78 is 5.30. The Hall–Kier alpha value is -2.14. The molecule has 1 aromatic heterocycles. The van der Waals surface area contributed by atoms with E-state index in [-0.39, 0.29) is 11.8 Å². The predicted octanol–water partition coefficient (Wildman–Crippen LogP) is 2.58. The minimum absolute atomic E-state index is 0.0868. The fourth-order valence-electron chi connectivity index (χ4n) is 3.58. The molecule has 0 radical (unpaired) electrons. The molecule has 3 N–H and O–H groups in total. The molecule has 1 aromatic carbocycles. The lowest BCUT2D eigenvalue weighted by molar-refractivity contribution is -0.124. The number of nitrogens with zero attached hydrogens (tertiary/aromatic N) is 1. The van der Waals surface area contributed by atoms with Gasteiger partial charge in [0.15, 0.2) is 0 Å². The third-order valence-electron chi connectivity index (χ3n) is 5.22. The first kappa shape index (κ1) is 16.7. The van der Waals surface area contributed by atoms with E-state index in [0.29, 0.717) is 32.1 Å². The van der Waals surface area contributed by atoms with Crippen molar-refractivity contribution in [1.82, 2.24) is 4.98 Å². The molecule has 1 aliphatic carbocycles. The summed E-state index contributed by atoms with van der Waals surface area (Å²) in [5, 5.41) is 11.9. The number of benzene rings is 1. The zero-order valence-electron chi connectivity index (χ0n) is 14.0. The fraction of sp³-hybridized carbons (Fsp3) is 0.474. The van der Waals surface area contributed by atoms with E-state index < -0.39 is 5.60 Å². The van der Waals surface area contributed by atoms with E-state index in [1.165, 1.54) is 0 Å². The Morgan fingerprint density at radius 3 is 2.79 bits per heavy atom. The molecule has 1 saturated carbocycles. The maximum absolute atomic E-state index is 11.3. The molecule has 5 heteroatoms. The van der Waals surface area contributed by atoms with Crippen molar-refractivity contribution in [1.29, 1.82) is 0 Å². The molecule has 1 fully saturated rings. The third kappa shape index (κ3) is 3.51. The van der Waals surface area contributed by atoms with Crippen molar-refractivity contribution in [3.05, 3.63) is 36.0 Å². The van der Waals surface area contributed by atoms with Gasteiger partial charge in [-0.05, 0) is 68.4 Å². The molecular formula is C19H24N2O3. The zero-order chi connectivity index (χ0) is 17.2. The average Bonchev–Trinajstić information content (AvgIpc) is 2.60. The lowest BCUT2D eigenvalue weighted by atomic mass is 9.76. The highest BCUT2D eigenvalue weighted by atomic mass is 16.5. The Balaban J connectivity index is 1.73. The lowest BCUT2D eigenvalue weighted by Gasteiger charge is -2.35. The molecule has 1 amide bonds. The van der Waals surface area contributed by atoms with E-state index in [9.17, 15) is 9.90 Å². The van der Waals surface area contributed by atoms with Gasteiger partial charge in [-0.3, -0.25) is 9.78 Å². The van der Waals surface area contributed by atoms with Gasteiger partial charge in [-0.25, -0.2) is 0 Å². The first-order chi connectivity index (χ1) is 11.5. The molecule has 1 heterocycles. The van der Waals surface area contributed by atoms with Crippen molar-refractivity contribution in [2.75, 3.05) is 7.11 Å². The molecule has 2 aromatic rings. The number of pyridine rings is 1. The number of carbonyl (C=O) groups is 1. The van der Waals surface area contributed by atoms with Gasteiger partial charge >= 0.3 is 0 Å². The Morgan fingerprint density at radius 1 is 1.38 bits per heavy atom. The van der Waals surface area contributed by atoms with Crippen LogP contribution in [0.1, 0.15) is 37.7 Å². The van der Waals surface area contributed by atoms with E-state index in [4.69, 9.17) is 10.5 Å². The maximum Gasteiger partial charge on any atom is 0.220 e. The van der Waals surface area contributed by atoms with E-state index in [1.807, 2.05) is 24.3 Å². The number of carbonyl (C=O) groups excluding carboxylic acids is 1. The van der Waals surface area contributed by atoms with Crippen LogP contribution >= 0.6 is 0 Å². The summed E-state index contributed by atoms with van der Waals surface area (Å²) in [6.45, 7) is 0. The van der Waals surface area contributed by atoms with Crippen LogP contribution in [0.25, 0.3) is 10.9 Å². The summed E-state index contributed by atoms with van der Waals surface area (Å²) in [6, 6.07) is 7.84. The van der Waals surface area contributed by atoms with Gasteiger partial charge in [0, 0.05) is 17.5 Å². The van der Waals surface area contributed by atoms with Crippen LogP contribution < -0.4 is 10.5 Å². The summed E-state index contributed by atoms with van der Waals surface area (Å²) >= 11 is 0. The van der Waals surface area contributed by atoms with Crippen molar-refractivity contribution in [3.63, 3.8) is 0 Å². The summed E-state index contributed by atoms with van der Waals surface area (Å²) in [7, 11) is 1.65. The van der Waals surface area contributed by atoms with E-state index in [1.54, 1.807) is 13.3 Å². The molecule has 1 aliphatic rings. The zero-order valence-corrected chi connectivity index (χ0v) is 14.0. The SMILES string of the molecule is COc1ccc2nccc(CC[C@]3(O)CC[C@H](C(N)=O)CC3)c2c1. The van der Waals surface area contributed by atoms with E-state index in [2.05, 4.69) is 4.98 Å². The highest BCUT2D eigenvalue weighted by Crippen LogP contribution is 2.35. The minimum atomic E-state index is -0.708. The van der Waals surface area contributed by atoms with Crippen molar-refractivity contribution in [3.8, 4) is 5.75 Å². The van der Waals surface area contributed by atoms with Crippen molar-refractivity contribution in [2.24, 2.45) is 11.7 Å². The summed E-state index contributed by atoms with van der Waals surface area (Å²) in [5.74, 6) is 0.470. The van der Waals surface area contributed by atoms with Crippen molar-refractivity contribution < 1.29 is 14.6 Å². The largest absolute Gasteiger partial charge is 0.497 e. The smallest absolute Gasteiger partial charge is 0.220 e. The molecule has 0 atom stereocenters. The predicted molar refractivity (Wildman–Crippen MR) is 92.7 cm³/mol. The number of aliphatic hydroxyl groups is 1. The van der Waals surface area contributed by atoms with E-state index >= 15 is 0 Å². The quantitative estimate of drug-likeness (QED) is 0.883. The number of amides is 1. The Morgan fingerprint density at radius 2 is 2.12 bits per heavy atom. The number of fused-ring (bicyclic) bond motifs is 1. The normalized spacial score (nSPS) is 24.0. The number of methoxy groups -OCH3 is 1. The van der Waals surface area contributed by atoms with Crippen molar-refractivity contribution in [2.45, 2.75) is 44.1 Å². The number of aromatic nitrogens is 1. The second-order valence-corrected chi connectivity index (χ2v) is 6.75. The summed E-state index contributed by atoms with van der Waals surface area (Å²) in [4.78, 5) is 15.7. The Kier molecular flexibility index (Phi) is 4.71. The van der Waals surface area contributed by atoms with Gasteiger partial charge in [-0.2, -0.15) is 0 Å². The number of primary amides is 1. The minimum Gasteiger partial charge on any atom is -0.497 e. The van der Waals surface area contributed by atoms with Crippen LogP contribution in [0.3, 0.4) is 0 Å². The molecule has 128 valence electrons. The molecule has 0 spiro atoms. The topological polar surface area (TPSA) is 85.4 Å². The number of hydrogen-bond acceptors (Lipinski definition) is 4. The number of hydrogen-bond donors (Lipinski definition) is 2. The molecular weight excluding hydrogens is 304 g/mol. The Labute approximate surface area is 141 Å². The molecule has 24 heavy (non-hydrogen) atoms. The maximum atomic E-state index is 11.3. The van der Waals surface area contributed by atoms with Gasteiger partial charge in [0.05, 0.1) is 18.2 Å². The van der Waals surface area contributed by atoms with Gasteiger partial charge in [-0.15, -0.1) is 0 Å². The van der Waals surface area contributed by atoms with Gasteiger partial charge in [0.2, 0.25) is 5.91 Å². The molecule has 3 rings (SSSR count). The van der Waals surface area contributed by atoms with Gasteiger partial charge < -0.3 is 15.6 Å². The number of rotatable bonds is 5. The van der Waals surface area contributed by atoms with Crippen molar-refractivity contribution >= 4 is 16.8 Å². The van der Waals surface area contributed by atoms with Crippen LogP contribution in [-0.4, -0.2) is 28.7 Å². The molecule has 5 nitrogen and oxygen atoms in total. The standard InChI is InChI=1S/C19H24N2O3/c1-24-15-2-3-17-16(12-15)13(7-11-21-17)4-8-19(23)9-5-14(6-10-19)18(20)22/h2-3,7,11-12,14,23H,4-6,8-10H2,1H3,(H2,20,22)/t14-,19-. The highest BCUT2D eigenvalue weighted by molar-refractivity contribution is 5.83. The highest BCUT2D eigenvalue weighted by Gasteiger charge is 2.34. The second kappa shape index (κ2) is 6.77. The van der Waals surface area contributed by atoms with Crippen LogP contribution in [0.15, 0.2) is 30.5 Å². The first-order valence-electron chi connectivity index (χ1n) is 8.44. The van der Waals surface area contributed by atoms with Gasteiger partial charge in [-0.1, -0.05) is 0 Å². The van der Waals surface area contributed by atoms with Gasteiger partial charge in [0.1, 0.15) is 5.75 Å². The summed E-state index contributed by atoms with van der Waals surface area (Å²) in [5.41, 5.74) is 6.75.